The van der Waals surface area contributed by atoms with Gasteiger partial charge in [0.25, 0.3) is 5.69 Å². The second-order valence-corrected chi connectivity index (χ2v) is 5.04. The lowest BCUT2D eigenvalue weighted by Crippen LogP contribution is -2.15. The zero-order valence-corrected chi connectivity index (χ0v) is 12.4. The summed E-state index contributed by atoms with van der Waals surface area (Å²) < 4.78 is 10.8. The summed E-state index contributed by atoms with van der Waals surface area (Å²) in [6.45, 7) is 0.889. The number of benzene rings is 2. The summed E-state index contributed by atoms with van der Waals surface area (Å²) in [5, 5.41) is 22.1. The van der Waals surface area contributed by atoms with Crippen molar-refractivity contribution in [1.29, 1.82) is 0 Å². The summed E-state index contributed by atoms with van der Waals surface area (Å²) >= 11 is 0. The van der Waals surface area contributed by atoms with E-state index in [0.29, 0.717) is 35.8 Å². The van der Waals surface area contributed by atoms with E-state index in [0.717, 1.165) is 12.1 Å². The fourth-order valence-electron chi connectivity index (χ4n) is 2.25. The molecule has 1 aliphatic rings. The standard InChI is InChI=1S/C17H13NO6/c19-14(12-3-6-16-17(10-12)24-8-7-23-16)4-1-11-2-5-15(20)13(9-11)18(21)22/h1-6,9-10,20H,7-8H2/p-1/b4-1+. The lowest BCUT2D eigenvalue weighted by Gasteiger charge is -2.18. The van der Waals surface area contributed by atoms with Crippen LogP contribution in [0.1, 0.15) is 15.9 Å². The van der Waals surface area contributed by atoms with E-state index in [9.17, 15) is 20.0 Å². The monoisotopic (exact) mass is 326 g/mol. The van der Waals surface area contributed by atoms with E-state index in [1.807, 2.05) is 0 Å². The molecule has 3 rings (SSSR count). The van der Waals surface area contributed by atoms with Gasteiger partial charge in [0.1, 0.15) is 13.2 Å². The predicted octanol–water partition coefficient (Wildman–Crippen LogP) is 2.34. The van der Waals surface area contributed by atoms with Gasteiger partial charge in [-0.15, -0.1) is 0 Å². The van der Waals surface area contributed by atoms with Crippen molar-refractivity contribution in [1.82, 2.24) is 0 Å². The average Bonchev–Trinajstić information content (AvgIpc) is 2.60. The van der Waals surface area contributed by atoms with Gasteiger partial charge in [0.15, 0.2) is 17.3 Å². The molecule has 2 aromatic carbocycles. The maximum atomic E-state index is 12.2. The Morgan fingerprint density at radius 3 is 2.58 bits per heavy atom. The number of nitrogens with zero attached hydrogens (tertiary/aromatic N) is 1. The molecule has 7 heteroatoms. The third-order valence-electron chi connectivity index (χ3n) is 3.43. The van der Waals surface area contributed by atoms with Crippen LogP contribution in [0.15, 0.2) is 42.5 Å². The quantitative estimate of drug-likeness (QED) is 0.370. The fourth-order valence-corrected chi connectivity index (χ4v) is 2.25. The van der Waals surface area contributed by atoms with Gasteiger partial charge in [-0.2, -0.15) is 0 Å². The summed E-state index contributed by atoms with van der Waals surface area (Å²) in [6, 6.07) is 8.52. The number of rotatable bonds is 4. The first kappa shape index (κ1) is 15.5. The van der Waals surface area contributed by atoms with Crippen LogP contribution in [0.5, 0.6) is 17.2 Å². The summed E-state index contributed by atoms with van der Waals surface area (Å²) in [7, 11) is 0. The highest BCUT2D eigenvalue weighted by atomic mass is 16.6. The topological polar surface area (TPSA) is 102 Å². The van der Waals surface area contributed by atoms with Gasteiger partial charge >= 0.3 is 0 Å². The van der Waals surface area contributed by atoms with Crippen LogP contribution in [-0.2, 0) is 0 Å². The van der Waals surface area contributed by atoms with Crippen molar-refractivity contribution in [3.8, 4) is 17.2 Å². The summed E-state index contributed by atoms with van der Waals surface area (Å²) in [5.41, 5.74) is 0.279. The highest BCUT2D eigenvalue weighted by Gasteiger charge is 2.14. The van der Waals surface area contributed by atoms with E-state index in [2.05, 4.69) is 0 Å². The third kappa shape index (κ3) is 3.19. The first-order valence-electron chi connectivity index (χ1n) is 7.12. The molecule has 0 radical (unpaired) electrons. The number of fused-ring (bicyclic) bond motifs is 1. The fraction of sp³-hybridized carbons (Fsp3) is 0.118. The Balaban J connectivity index is 1.80. The van der Waals surface area contributed by atoms with Gasteiger partial charge in [-0.3, -0.25) is 14.9 Å². The van der Waals surface area contributed by atoms with Crippen LogP contribution in [-0.4, -0.2) is 23.9 Å². The Morgan fingerprint density at radius 2 is 1.83 bits per heavy atom. The molecule has 0 saturated heterocycles. The molecule has 2 aromatic rings. The number of hydrogen-bond acceptors (Lipinski definition) is 6. The van der Waals surface area contributed by atoms with Crippen LogP contribution in [0.2, 0.25) is 0 Å². The van der Waals surface area contributed by atoms with Gasteiger partial charge in [0, 0.05) is 11.6 Å². The van der Waals surface area contributed by atoms with Gasteiger partial charge in [0.2, 0.25) is 0 Å². The minimum atomic E-state index is -0.748. The van der Waals surface area contributed by atoms with Crippen molar-refractivity contribution in [3.63, 3.8) is 0 Å². The highest BCUT2D eigenvalue weighted by molar-refractivity contribution is 6.07. The number of allylic oxidation sites excluding steroid dienone is 1. The highest BCUT2D eigenvalue weighted by Crippen LogP contribution is 2.31. The second kappa shape index (κ2) is 6.41. The van der Waals surface area contributed by atoms with Crippen molar-refractivity contribution >= 4 is 17.5 Å². The van der Waals surface area contributed by atoms with Crippen LogP contribution in [0.25, 0.3) is 6.08 Å². The van der Waals surface area contributed by atoms with Crippen molar-refractivity contribution in [2.75, 3.05) is 13.2 Å². The Hall–Kier alpha value is -3.35. The Bertz CT molecular complexity index is 843. The molecule has 0 bridgehead atoms. The molecular weight excluding hydrogens is 314 g/mol. The SMILES string of the molecule is O=C(/C=C/c1ccc([O-])c([N+](=O)[O-])c1)c1ccc2c(c1)OCCO2. The molecule has 0 N–H and O–H groups in total. The zero-order valence-electron chi connectivity index (χ0n) is 12.4. The molecule has 0 unspecified atom stereocenters. The predicted molar refractivity (Wildman–Crippen MR) is 83.3 cm³/mol. The van der Waals surface area contributed by atoms with Gasteiger partial charge in [-0.05, 0) is 35.6 Å². The first-order valence-corrected chi connectivity index (χ1v) is 7.12. The Labute approximate surface area is 136 Å². The molecule has 1 heterocycles. The number of hydrogen-bond donors (Lipinski definition) is 0. The van der Waals surface area contributed by atoms with Gasteiger partial charge in [0.05, 0.1) is 4.92 Å². The van der Waals surface area contributed by atoms with Crippen LogP contribution < -0.4 is 14.6 Å². The number of nitro benzene ring substituents is 1. The maximum absolute atomic E-state index is 12.2. The molecule has 0 saturated carbocycles. The summed E-state index contributed by atoms with van der Waals surface area (Å²) in [4.78, 5) is 22.2. The van der Waals surface area contributed by atoms with Crippen LogP contribution in [0.3, 0.4) is 0 Å². The van der Waals surface area contributed by atoms with Gasteiger partial charge < -0.3 is 14.6 Å². The van der Waals surface area contributed by atoms with Gasteiger partial charge in [-0.1, -0.05) is 18.2 Å². The van der Waals surface area contributed by atoms with E-state index in [-0.39, 0.29) is 5.78 Å². The molecule has 0 aliphatic carbocycles. The minimum absolute atomic E-state index is 0.291. The smallest absolute Gasteiger partial charge is 0.262 e. The largest absolute Gasteiger partial charge is 0.868 e. The lowest BCUT2D eigenvalue weighted by atomic mass is 10.1. The summed E-state index contributed by atoms with van der Waals surface area (Å²) in [5.74, 6) is 0.131. The number of ether oxygens (including phenoxy) is 2. The van der Waals surface area contributed by atoms with E-state index in [4.69, 9.17) is 9.47 Å². The van der Waals surface area contributed by atoms with E-state index >= 15 is 0 Å². The maximum Gasteiger partial charge on any atom is 0.262 e. The molecule has 0 spiro atoms. The van der Waals surface area contributed by atoms with Crippen molar-refractivity contribution < 1.29 is 24.3 Å². The van der Waals surface area contributed by atoms with E-state index in [1.54, 1.807) is 18.2 Å². The number of ketones is 1. The molecule has 1 aliphatic heterocycles. The lowest BCUT2D eigenvalue weighted by molar-refractivity contribution is -0.398. The molecule has 0 atom stereocenters. The van der Waals surface area contributed by atoms with Crippen molar-refractivity contribution in [2.45, 2.75) is 0 Å². The molecule has 0 fully saturated rings. The molecule has 24 heavy (non-hydrogen) atoms. The third-order valence-corrected chi connectivity index (χ3v) is 3.43. The number of carbonyl (C=O) groups excluding carboxylic acids is 1. The van der Waals surface area contributed by atoms with E-state index < -0.39 is 16.4 Å². The Kier molecular flexibility index (Phi) is 4.15. The molecule has 7 nitrogen and oxygen atoms in total. The zero-order chi connectivity index (χ0) is 17.1. The number of carbonyl (C=O) groups is 1. The Morgan fingerprint density at radius 1 is 1.08 bits per heavy atom. The van der Waals surface area contributed by atoms with Crippen molar-refractivity contribution in [3.05, 3.63) is 63.7 Å². The average molecular weight is 326 g/mol. The first-order chi connectivity index (χ1) is 11.5. The van der Waals surface area contributed by atoms with Crippen LogP contribution in [0.4, 0.5) is 5.69 Å². The molecule has 0 aromatic heterocycles. The minimum Gasteiger partial charge on any atom is -0.868 e. The second-order valence-electron chi connectivity index (χ2n) is 5.04. The van der Waals surface area contributed by atoms with Crippen LogP contribution in [0, 0.1) is 10.1 Å². The van der Waals surface area contributed by atoms with E-state index in [1.165, 1.54) is 18.2 Å². The number of nitro groups is 1. The summed E-state index contributed by atoms with van der Waals surface area (Å²) in [6.07, 6.45) is 2.71. The normalized spacial score (nSPS) is 13.0. The van der Waals surface area contributed by atoms with Gasteiger partial charge in [-0.25, -0.2) is 0 Å². The molecular formula is C17H12NO6-. The molecule has 122 valence electrons. The van der Waals surface area contributed by atoms with Crippen molar-refractivity contribution in [2.24, 2.45) is 0 Å². The molecule has 0 amide bonds. The van der Waals surface area contributed by atoms with Crippen LogP contribution >= 0.6 is 0 Å².